The number of amides is 1. The number of hydrogen-bond donors (Lipinski definition) is 1. The zero-order valence-electron chi connectivity index (χ0n) is 9.47. The lowest BCUT2D eigenvalue weighted by molar-refractivity contribution is -0.119. The summed E-state index contributed by atoms with van der Waals surface area (Å²) < 4.78 is 2.21. The molecule has 94 valence electrons. The molecule has 2 rings (SSSR count). The molecule has 2 aromatic heterocycles. The molecule has 2 heterocycles. The number of aromatic nitrogens is 3. The predicted molar refractivity (Wildman–Crippen MR) is 72.5 cm³/mol. The fourth-order valence-electron chi connectivity index (χ4n) is 1.37. The van der Waals surface area contributed by atoms with Gasteiger partial charge in [0.1, 0.15) is 11.2 Å². The summed E-state index contributed by atoms with van der Waals surface area (Å²) in [6, 6.07) is 3.07. The van der Waals surface area contributed by atoms with Crippen molar-refractivity contribution in [1.82, 2.24) is 14.8 Å². The van der Waals surface area contributed by atoms with E-state index in [0.717, 1.165) is 0 Å². The highest BCUT2D eigenvalue weighted by Crippen LogP contribution is 2.23. The van der Waals surface area contributed by atoms with Gasteiger partial charge in [-0.2, -0.15) is 5.10 Å². The molecule has 7 heteroatoms. The van der Waals surface area contributed by atoms with Crippen molar-refractivity contribution in [3.8, 4) is 0 Å². The van der Waals surface area contributed by atoms with E-state index in [1.54, 1.807) is 36.1 Å². The molecule has 0 saturated carbocycles. The SMILES string of the molecule is CC(C(=O)Nc1cnc(Cl)c(Br)c1)n1cccn1. The molecular weight excluding hydrogens is 320 g/mol. The Morgan fingerprint density at radius 2 is 2.39 bits per heavy atom. The fourth-order valence-corrected chi connectivity index (χ4v) is 1.82. The smallest absolute Gasteiger partial charge is 0.248 e. The number of pyridine rings is 1. The van der Waals surface area contributed by atoms with Crippen molar-refractivity contribution < 1.29 is 4.79 Å². The summed E-state index contributed by atoms with van der Waals surface area (Å²) in [6.07, 6.45) is 4.87. The molecule has 0 saturated heterocycles. The molecular formula is C11H10BrClN4O. The summed E-state index contributed by atoms with van der Waals surface area (Å²) in [5.41, 5.74) is 0.579. The second-order valence-electron chi connectivity index (χ2n) is 3.65. The predicted octanol–water partition coefficient (Wildman–Crippen LogP) is 2.89. The number of hydrogen-bond acceptors (Lipinski definition) is 3. The van der Waals surface area contributed by atoms with Crippen LogP contribution in [-0.4, -0.2) is 20.7 Å². The van der Waals surface area contributed by atoms with Gasteiger partial charge in [0.05, 0.1) is 16.4 Å². The van der Waals surface area contributed by atoms with Crippen molar-refractivity contribution in [1.29, 1.82) is 0 Å². The Labute approximate surface area is 117 Å². The van der Waals surface area contributed by atoms with Crippen LogP contribution in [0.2, 0.25) is 5.15 Å². The first-order valence-electron chi connectivity index (χ1n) is 5.19. The van der Waals surface area contributed by atoms with E-state index in [1.807, 2.05) is 0 Å². The molecule has 1 amide bonds. The van der Waals surface area contributed by atoms with Gasteiger partial charge < -0.3 is 5.32 Å². The summed E-state index contributed by atoms with van der Waals surface area (Å²) in [4.78, 5) is 15.9. The Hall–Kier alpha value is -1.40. The maximum atomic E-state index is 12.0. The molecule has 2 aromatic rings. The minimum absolute atomic E-state index is 0.172. The van der Waals surface area contributed by atoms with E-state index in [4.69, 9.17) is 11.6 Å². The molecule has 0 aliphatic rings. The monoisotopic (exact) mass is 328 g/mol. The molecule has 0 aliphatic heterocycles. The normalized spacial score (nSPS) is 12.2. The molecule has 0 aliphatic carbocycles. The highest BCUT2D eigenvalue weighted by atomic mass is 79.9. The van der Waals surface area contributed by atoms with Crippen molar-refractivity contribution in [2.75, 3.05) is 5.32 Å². The Bertz CT molecular complexity index is 558. The van der Waals surface area contributed by atoms with Gasteiger partial charge in [0.2, 0.25) is 5.91 Å². The van der Waals surface area contributed by atoms with Gasteiger partial charge in [-0.15, -0.1) is 0 Å². The fraction of sp³-hybridized carbons (Fsp3) is 0.182. The lowest BCUT2D eigenvalue weighted by atomic mass is 10.3. The first-order valence-corrected chi connectivity index (χ1v) is 6.36. The molecule has 0 bridgehead atoms. The summed E-state index contributed by atoms with van der Waals surface area (Å²) in [7, 11) is 0. The third kappa shape index (κ3) is 2.88. The number of halogens is 2. The van der Waals surface area contributed by atoms with Crippen LogP contribution in [0.4, 0.5) is 5.69 Å². The van der Waals surface area contributed by atoms with Crippen LogP contribution in [0, 0.1) is 0 Å². The molecule has 1 atom stereocenters. The number of nitrogens with one attached hydrogen (secondary N) is 1. The van der Waals surface area contributed by atoms with E-state index >= 15 is 0 Å². The topological polar surface area (TPSA) is 59.8 Å². The van der Waals surface area contributed by atoms with E-state index in [2.05, 4.69) is 31.3 Å². The maximum Gasteiger partial charge on any atom is 0.248 e. The van der Waals surface area contributed by atoms with E-state index in [0.29, 0.717) is 15.3 Å². The van der Waals surface area contributed by atoms with Crippen molar-refractivity contribution in [2.45, 2.75) is 13.0 Å². The van der Waals surface area contributed by atoms with Crippen LogP contribution in [0.3, 0.4) is 0 Å². The number of carbonyl (C=O) groups excluding carboxylic acids is 1. The van der Waals surface area contributed by atoms with E-state index < -0.39 is 6.04 Å². The Kier molecular flexibility index (Phi) is 3.98. The van der Waals surface area contributed by atoms with Gasteiger partial charge >= 0.3 is 0 Å². The maximum absolute atomic E-state index is 12.0. The summed E-state index contributed by atoms with van der Waals surface area (Å²) in [5, 5.41) is 7.12. The minimum Gasteiger partial charge on any atom is -0.323 e. The van der Waals surface area contributed by atoms with Gasteiger partial charge in [-0.05, 0) is 35.0 Å². The van der Waals surface area contributed by atoms with Crippen molar-refractivity contribution >= 4 is 39.1 Å². The zero-order valence-corrected chi connectivity index (χ0v) is 11.8. The van der Waals surface area contributed by atoms with Crippen LogP contribution in [0.1, 0.15) is 13.0 Å². The van der Waals surface area contributed by atoms with Gasteiger partial charge in [-0.1, -0.05) is 11.6 Å². The van der Waals surface area contributed by atoms with Gasteiger partial charge in [0, 0.05) is 12.4 Å². The van der Waals surface area contributed by atoms with Crippen molar-refractivity contribution in [2.24, 2.45) is 0 Å². The van der Waals surface area contributed by atoms with Crippen LogP contribution in [0.5, 0.6) is 0 Å². The summed E-state index contributed by atoms with van der Waals surface area (Å²) in [6.45, 7) is 1.76. The van der Waals surface area contributed by atoms with Crippen LogP contribution >= 0.6 is 27.5 Å². The quantitative estimate of drug-likeness (QED) is 0.881. The number of nitrogens with zero attached hydrogens (tertiary/aromatic N) is 3. The number of anilines is 1. The Morgan fingerprint density at radius 3 is 3.00 bits per heavy atom. The molecule has 0 aromatic carbocycles. The summed E-state index contributed by atoms with van der Waals surface area (Å²) >= 11 is 9.02. The molecule has 1 unspecified atom stereocenters. The largest absolute Gasteiger partial charge is 0.323 e. The molecule has 0 radical (unpaired) electrons. The molecule has 5 nitrogen and oxygen atoms in total. The zero-order chi connectivity index (χ0) is 13.1. The van der Waals surface area contributed by atoms with Gasteiger partial charge in [-0.3, -0.25) is 9.48 Å². The first kappa shape index (κ1) is 13.0. The molecule has 18 heavy (non-hydrogen) atoms. The highest BCUT2D eigenvalue weighted by molar-refractivity contribution is 9.10. The Morgan fingerprint density at radius 1 is 1.61 bits per heavy atom. The third-order valence-electron chi connectivity index (χ3n) is 2.36. The van der Waals surface area contributed by atoms with Gasteiger partial charge in [-0.25, -0.2) is 4.98 Å². The Balaban J connectivity index is 2.09. The van der Waals surface area contributed by atoms with E-state index in [9.17, 15) is 4.79 Å². The standard InChI is InChI=1S/C11H10BrClN4O/c1-7(17-4-2-3-15-17)11(18)16-8-5-9(12)10(13)14-6-8/h2-7H,1H3,(H,16,18). The number of carbonyl (C=O) groups is 1. The van der Waals surface area contributed by atoms with Gasteiger partial charge in [0.15, 0.2) is 0 Å². The third-order valence-corrected chi connectivity index (χ3v) is 3.50. The van der Waals surface area contributed by atoms with Crippen LogP contribution in [0.15, 0.2) is 35.2 Å². The number of rotatable bonds is 3. The average Bonchev–Trinajstić information content (AvgIpc) is 2.86. The molecule has 0 spiro atoms. The lowest BCUT2D eigenvalue weighted by Crippen LogP contribution is -2.24. The highest BCUT2D eigenvalue weighted by Gasteiger charge is 2.15. The van der Waals surface area contributed by atoms with Crippen LogP contribution < -0.4 is 5.32 Å². The van der Waals surface area contributed by atoms with Gasteiger partial charge in [0.25, 0.3) is 0 Å². The second-order valence-corrected chi connectivity index (χ2v) is 4.86. The lowest BCUT2D eigenvalue weighted by Gasteiger charge is -2.12. The molecule has 1 N–H and O–H groups in total. The minimum atomic E-state index is -0.394. The van der Waals surface area contributed by atoms with E-state index in [-0.39, 0.29) is 5.91 Å². The van der Waals surface area contributed by atoms with Crippen molar-refractivity contribution in [3.63, 3.8) is 0 Å². The van der Waals surface area contributed by atoms with Crippen LogP contribution in [-0.2, 0) is 4.79 Å². The van der Waals surface area contributed by atoms with Crippen molar-refractivity contribution in [3.05, 3.63) is 40.3 Å². The van der Waals surface area contributed by atoms with E-state index in [1.165, 1.54) is 6.20 Å². The summed E-state index contributed by atoms with van der Waals surface area (Å²) in [5.74, 6) is -0.172. The first-order chi connectivity index (χ1) is 8.58. The average molecular weight is 330 g/mol. The van der Waals surface area contributed by atoms with Crippen LogP contribution in [0.25, 0.3) is 0 Å². The second kappa shape index (κ2) is 5.49. The molecule has 0 fully saturated rings.